The predicted molar refractivity (Wildman–Crippen MR) is 72.4 cm³/mol. The van der Waals surface area contributed by atoms with Gasteiger partial charge in [-0.15, -0.1) is 0 Å². The van der Waals surface area contributed by atoms with E-state index in [0.29, 0.717) is 17.7 Å². The zero-order valence-corrected chi connectivity index (χ0v) is 11.8. The minimum absolute atomic E-state index is 0.0366. The maximum atomic E-state index is 11.4. The zero-order valence-electron chi connectivity index (χ0n) is 11.8. The van der Waals surface area contributed by atoms with Crippen LogP contribution in [-0.4, -0.2) is 17.0 Å². The van der Waals surface area contributed by atoms with Crippen molar-refractivity contribution in [1.29, 1.82) is 0 Å². The summed E-state index contributed by atoms with van der Waals surface area (Å²) in [5, 5.41) is 8.83. The summed E-state index contributed by atoms with van der Waals surface area (Å²) in [6.07, 6.45) is 0.269. The second-order valence-electron chi connectivity index (χ2n) is 5.48. The summed E-state index contributed by atoms with van der Waals surface area (Å²) < 4.78 is 5.29. The van der Waals surface area contributed by atoms with Gasteiger partial charge in [0.25, 0.3) is 0 Å². The Morgan fingerprint density at radius 1 is 1.26 bits per heavy atom. The quantitative estimate of drug-likeness (QED) is 0.671. The first-order valence-electron chi connectivity index (χ1n) is 6.30. The van der Waals surface area contributed by atoms with Gasteiger partial charge in [0.05, 0.1) is 6.42 Å². The molecule has 19 heavy (non-hydrogen) atoms. The molecule has 0 saturated carbocycles. The molecule has 1 aromatic carbocycles. The summed E-state index contributed by atoms with van der Waals surface area (Å²) in [6.45, 7) is 7.72. The number of esters is 1. The van der Waals surface area contributed by atoms with E-state index in [1.165, 1.54) is 0 Å². The third-order valence-electron chi connectivity index (χ3n) is 2.72. The summed E-state index contributed by atoms with van der Waals surface area (Å²) in [5.41, 5.74) is 1.32. The summed E-state index contributed by atoms with van der Waals surface area (Å²) in [6, 6.07) is 5.15. The first kappa shape index (κ1) is 15.2. The molecule has 0 heterocycles. The highest BCUT2D eigenvalue weighted by atomic mass is 16.5. The summed E-state index contributed by atoms with van der Waals surface area (Å²) in [5.74, 6) is -0.664. The lowest BCUT2D eigenvalue weighted by Gasteiger charge is -2.23. The highest BCUT2D eigenvalue weighted by Crippen LogP contribution is 2.32. The predicted octanol–water partition coefficient (Wildman–Crippen LogP) is 2.93. The van der Waals surface area contributed by atoms with Crippen molar-refractivity contribution in [3.8, 4) is 5.75 Å². The van der Waals surface area contributed by atoms with Crippen LogP contribution in [0.1, 0.15) is 45.2 Å². The standard InChI is InChI=1S/C15H20O4/c1-5-14(18)19-12-7-6-10(9-13(16)17)8-11(12)15(2,3)4/h6-8H,5,9H2,1-4H3,(H,16,17). The Kier molecular flexibility index (Phi) is 4.70. The molecule has 0 bridgehead atoms. The van der Waals surface area contributed by atoms with Crippen molar-refractivity contribution in [2.45, 2.75) is 46.0 Å². The van der Waals surface area contributed by atoms with Crippen molar-refractivity contribution in [3.05, 3.63) is 29.3 Å². The normalized spacial score (nSPS) is 11.2. The van der Waals surface area contributed by atoms with Crippen molar-refractivity contribution in [2.75, 3.05) is 0 Å². The van der Waals surface area contributed by atoms with Crippen LogP contribution in [0.2, 0.25) is 0 Å². The molecule has 0 aliphatic heterocycles. The molecule has 104 valence electrons. The van der Waals surface area contributed by atoms with Crippen LogP contribution in [0.25, 0.3) is 0 Å². The monoisotopic (exact) mass is 264 g/mol. The molecule has 0 fully saturated rings. The second kappa shape index (κ2) is 5.87. The van der Waals surface area contributed by atoms with E-state index >= 15 is 0 Å². The van der Waals surface area contributed by atoms with Crippen LogP contribution in [0.15, 0.2) is 18.2 Å². The van der Waals surface area contributed by atoms with E-state index in [9.17, 15) is 9.59 Å². The SMILES string of the molecule is CCC(=O)Oc1ccc(CC(=O)O)cc1C(C)(C)C. The Morgan fingerprint density at radius 2 is 1.89 bits per heavy atom. The zero-order chi connectivity index (χ0) is 14.6. The number of benzene rings is 1. The molecule has 1 aromatic rings. The second-order valence-corrected chi connectivity index (χ2v) is 5.48. The lowest BCUT2D eigenvalue weighted by molar-refractivity contribution is -0.136. The van der Waals surface area contributed by atoms with E-state index < -0.39 is 5.97 Å². The fourth-order valence-corrected chi connectivity index (χ4v) is 1.73. The third-order valence-corrected chi connectivity index (χ3v) is 2.72. The van der Waals surface area contributed by atoms with E-state index in [1.54, 1.807) is 25.1 Å². The molecule has 1 rings (SSSR count). The average Bonchev–Trinajstić information content (AvgIpc) is 2.28. The third kappa shape index (κ3) is 4.39. The molecule has 0 atom stereocenters. The molecule has 4 heteroatoms. The van der Waals surface area contributed by atoms with Crippen molar-refractivity contribution in [2.24, 2.45) is 0 Å². The summed E-state index contributed by atoms with van der Waals surface area (Å²) >= 11 is 0. The van der Waals surface area contributed by atoms with Crippen molar-refractivity contribution < 1.29 is 19.4 Å². The number of aliphatic carboxylic acids is 1. The van der Waals surface area contributed by atoms with Gasteiger partial charge in [0, 0.05) is 12.0 Å². The Morgan fingerprint density at radius 3 is 2.37 bits per heavy atom. The summed E-state index contributed by atoms with van der Waals surface area (Å²) in [4.78, 5) is 22.2. The topological polar surface area (TPSA) is 63.6 Å². The molecule has 0 aliphatic rings. The molecule has 0 aliphatic carbocycles. The van der Waals surface area contributed by atoms with Crippen molar-refractivity contribution in [3.63, 3.8) is 0 Å². The van der Waals surface area contributed by atoms with Gasteiger partial charge in [-0.25, -0.2) is 0 Å². The minimum Gasteiger partial charge on any atom is -0.481 e. The number of carbonyl (C=O) groups is 2. The van der Waals surface area contributed by atoms with Gasteiger partial charge in [0.15, 0.2) is 0 Å². The molecular weight excluding hydrogens is 244 g/mol. The number of rotatable bonds is 4. The largest absolute Gasteiger partial charge is 0.481 e. The number of carboxylic acids is 1. The van der Waals surface area contributed by atoms with Gasteiger partial charge in [0.2, 0.25) is 0 Å². The molecule has 4 nitrogen and oxygen atoms in total. The summed E-state index contributed by atoms with van der Waals surface area (Å²) in [7, 11) is 0. The van der Waals surface area contributed by atoms with Gasteiger partial charge in [-0.3, -0.25) is 9.59 Å². The first-order valence-corrected chi connectivity index (χ1v) is 6.30. The average molecular weight is 264 g/mol. The van der Waals surface area contributed by atoms with E-state index in [1.807, 2.05) is 20.8 Å². The molecule has 0 spiro atoms. The molecule has 0 amide bonds. The molecule has 1 N–H and O–H groups in total. The van der Waals surface area contributed by atoms with E-state index in [2.05, 4.69) is 0 Å². The van der Waals surface area contributed by atoms with Gasteiger partial charge < -0.3 is 9.84 Å². The van der Waals surface area contributed by atoms with Gasteiger partial charge in [0.1, 0.15) is 5.75 Å². The van der Waals surface area contributed by atoms with Crippen LogP contribution >= 0.6 is 0 Å². The molecule has 0 unspecified atom stereocenters. The van der Waals surface area contributed by atoms with Crippen LogP contribution in [0, 0.1) is 0 Å². The Balaban J connectivity index is 3.17. The smallest absolute Gasteiger partial charge is 0.310 e. The van der Waals surface area contributed by atoms with E-state index in [4.69, 9.17) is 9.84 Å². The van der Waals surface area contributed by atoms with Crippen LogP contribution in [0.3, 0.4) is 0 Å². The molecule has 0 aromatic heterocycles. The number of carbonyl (C=O) groups excluding carboxylic acids is 1. The van der Waals surface area contributed by atoms with E-state index in [-0.39, 0.29) is 17.8 Å². The highest BCUT2D eigenvalue weighted by molar-refractivity contribution is 5.73. The molecule has 0 saturated heterocycles. The van der Waals surface area contributed by atoms with Gasteiger partial charge in [-0.1, -0.05) is 39.8 Å². The minimum atomic E-state index is -0.877. The van der Waals surface area contributed by atoms with Crippen molar-refractivity contribution in [1.82, 2.24) is 0 Å². The number of hydrogen-bond donors (Lipinski definition) is 1. The molecular formula is C15H20O4. The Bertz CT molecular complexity index is 483. The maximum absolute atomic E-state index is 11.4. The van der Waals surface area contributed by atoms with Crippen LogP contribution in [0.4, 0.5) is 0 Å². The molecule has 0 radical (unpaired) electrons. The highest BCUT2D eigenvalue weighted by Gasteiger charge is 2.21. The Labute approximate surface area is 113 Å². The van der Waals surface area contributed by atoms with Gasteiger partial charge in [-0.05, 0) is 17.0 Å². The fraction of sp³-hybridized carbons (Fsp3) is 0.467. The number of carboxylic acid groups (broad SMARTS) is 1. The maximum Gasteiger partial charge on any atom is 0.310 e. The lowest BCUT2D eigenvalue weighted by atomic mass is 9.85. The van der Waals surface area contributed by atoms with Crippen LogP contribution in [-0.2, 0) is 21.4 Å². The van der Waals surface area contributed by atoms with Gasteiger partial charge >= 0.3 is 11.9 Å². The van der Waals surface area contributed by atoms with Crippen LogP contribution in [0.5, 0.6) is 5.75 Å². The van der Waals surface area contributed by atoms with Crippen molar-refractivity contribution >= 4 is 11.9 Å². The van der Waals surface area contributed by atoms with E-state index in [0.717, 1.165) is 5.56 Å². The number of hydrogen-bond acceptors (Lipinski definition) is 3. The Hall–Kier alpha value is -1.84. The lowest BCUT2D eigenvalue weighted by Crippen LogP contribution is -2.16. The van der Waals surface area contributed by atoms with Gasteiger partial charge in [-0.2, -0.15) is 0 Å². The number of ether oxygens (including phenoxy) is 1. The fourth-order valence-electron chi connectivity index (χ4n) is 1.73. The first-order chi connectivity index (χ1) is 8.74. The van der Waals surface area contributed by atoms with Crippen LogP contribution < -0.4 is 4.74 Å².